The molecule has 0 radical (unpaired) electrons. The molecule has 0 saturated heterocycles. The lowest BCUT2D eigenvalue weighted by molar-refractivity contribution is 0.269. The lowest BCUT2D eigenvalue weighted by Gasteiger charge is -2.30. The topological polar surface area (TPSA) is 38.0 Å². The van der Waals surface area contributed by atoms with E-state index in [0.717, 1.165) is 17.8 Å². The second kappa shape index (κ2) is 5.18. The fourth-order valence-corrected chi connectivity index (χ4v) is 1.59. The SMILES string of the molecule is Cc1cc(N)c(Cl)cc1NCC(C)(C)C(C)C. The van der Waals surface area contributed by atoms with Crippen molar-refractivity contribution in [2.75, 3.05) is 17.6 Å². The molecule has 0 heterocycles. The molecule has 0 aromatic heterocycles. The van der Waals surface area contributed by atoms with Crippen molar-refractivity contribution >= 4 is 23.0 Å². The van der Waals surface area contributed by atoms with Crippen molar-refractivity contribution in [1.29, 1.82) is 0 Å². The van der Waals surface area contributed by atoms with Gasteiger partial charge in [-0.15, -0.1) is 0 Å². The van der Waals surface area contributed by atoms with Crippen LogP contribution in [0.3, 0.4) is 0 Å². The van der Waals surface area contributed by atoms with E-state index in [0.29, 0.717) is 16.6 Å². The van der Waals surface area contributed by atoms with Crippen molar-refractivity contribution in [2.24, 2.45) is 11.3 Å². The number of anilines is 2. The third-order valence-corrected chi connectivity index (χ3v) is 3.97. The predicted molar refractivity (Wildman–Crippen MR) is 77.7 cm³/mol. The molecular formula is C14H23ClN2. The number of nitrogens with one attached hydrogen (secondary N) is 1. The molecule has 17 heavy (non-hydrogen) atoms. The van der Waals surface area contributed by atoms with E-state index in [1.807, 2.05) is 19.1 Å². The molecule has 0 atom stereocenters. The van der Waals surface area contributed by atoms with Gasteiger partial charge in [-0.3, -0.25) is 0 Å². The van der Waals surface area contributed by atoms with Gasteiger partial charge in [-0.05, 0) is 36.0 Å². The molecule has 0 unspecified atom stereocenters. The monoisotopic (exact) mass is 254 g/mol. The first-order valence-electron chi connectivity index (χ1n) is 6.03. The van der Waals surface area contributed by atoms with Gasteiger partial charge in [-0.2, -0.15) is 0 Å². The Morgan fingerprint density at radius 1 is 1.35 bits per heavy atom. The van der Waals surface area contributed by atoms with Gasteiger partial charge in [0.25, 0.3) is 0 Å². The first kappa shape index (κ1) is 14.2. The average molecular weight is 255 g/mol. The summed E-state index contributed by atoms with van der Waals surface area (Å²) in [5, 5.41) is 4.07. The van der Waals surface area contributed by atoms with Gasteiger partial charge in [0, 0.05) is 12.2 Å². The molecule has 0 saturated carbocycles. The third-order valence-electron chi connectivity index (χ3n) is 3.64. The zero-order chi connectivity index (χ0) is 13.2. The predicted octanol–water partition coefficient (Wildman–Crippen LogP) is 4.32. The van der Waals surface area contributed by atoms with Crippen molar-refractivity contribution in [3.8, 4) is 0 Å². The van der Waals surface area contributed by atoms with Crippen molar-refractivity contribution in [3.63, 3.8) is 0 Å². The quantitative estimate of drug-likeness (QED) is 0.785. The molecule has 0 fully saturated rings. The van der Waals surface area contributed by atoms with E-state index in [9.17, 15) is 0 Å². The standard InChI is InChI=1S/C14H23ClN2/c1-9(2)14(4,5)8-17-13-7-11(15)12(16)6-10(13)3/h6-7,9,17H,8,16H2,1-5H3. The molecular weight excluding hydrogens is 232 g/mol. The Hall–Kier alpha value is -0.890. The van der Waals surface area contributed by atoms with Crippen molar-refractivity contribution < 1.29 is 0 Å². The van der Waals surface area contributed by atoms with Crippen LogP contribution < -0.4 is 11.1 Å². The van der Waals surface area contributed by atoms with Crippen molar-refractivity contribution in [1.82, 2.24) is 0 Å². The molecule has 0 bridgehead atoms. The second-order valence-corrected chi connectivity index (χ2v) is 6.09. The molecule has 0 spiro atoms. The van der Waals surface area contributed by atoms with Gasteiger partial charge < -0.3 is 11.1 Å². The number of benzene rings is 1. The Labute approximate surface area is 110 Å². The van der Waals surface area contributed by atoms with Crippen LogP contribution in [-0.2, 0) is 0 Å². The first-order valence-corrected chi connectivity index (χ1v) is 6.41. The van der Waals surface area contributed by atoms with Crippen LogP contribution in [0, 0.1) is 18.3 Å². The van der Waals surface area contributed by atoms with Crippen LogP contribution in [0.5, 0.6) is 0 Å². The summed E-state index contributed by atoms with van der Waals surface area (Å²) in [6.07, 6.45) is 0. The number of nitrogen functional groups attached to an aromatic ring is 1. The Morgan fingerprint density at radius 2 is 1.94 bits per heavy atom. The second-order valence-electron chi connectivity index (χ2n) is 5.69. The molecule has 1 rings (SSSR count). The van der Waals surface area contributed by atoms with Gasteiger partial charge >= 0.3 is 0 Å². The number of halogens is 1. The van der Waals surface area contributed by atoms with E-state index in [4.69, 9.17) is 17.3 Å². The van der Waals surface area contributed by atoms with Crippen LogP contribution in [0.1, 0.15) is 33.3 Å². The number of hydrogen-bond acceptors (Lipinski definition) is 2. The van der Waals surface area contributed by atoms with Crippen LogP contribution in [0.4, 0.5) is 11.4 Å². The summed E-state index contributed by atoms with van der Waals surface area (Å²) < 4.78 is 0. The van der Waals surface area contributed by atoms with E-state index in [2.05, 4.69) is 33.0 Å². The summed E-state index contributed by atoms with van der Waals surface area (Å²) in [4.78, 5) is 0. The Morgan fingerprint density at radius 3 is 2.47 bits per heavy atom. The lowest BCUT2D eigenvalue weighted by Crippen LogP contribution is -2.28. The van der Waals surface area contributed by atoms with Crippen LogP contribution in [0.15, 0.2) is 12.1 Å². The highest BCUT2D eigenvalue weighted by Crippen LogP contribution is 2.30. The maximum atomic E-state index is 6.03. The van der Waals surface area contributed by atoms with Gasteiger partial charge in [-0.25, -0.2) is 0 Å². The summed E-state index contributed by atoms with van der Waals surface area (Å²) >= 11 is 6.03. The summed E-state index contributed by atoms with van der Waals surface area (Å²) in [5.41, 5.74) is 8.85. The number of aryl methyl sites for hydroxylation is 1. The van der Waals surface area contributed by atoms with Crippen LogP contribution >= 0.6 is 11.6 Å². The van der Waals surface area contributed by atoms with Crippen molar-refractivity contribution in [2.45, 2.75) is 34.6 Å². The molecule has 0 aliphatic rings. The van der Waals surface area contributed by atoms with E-state index >= 15 is 0 Å². The first-order chi connectivity index (χ1) is 7.74. The fraction of sp³-hybridized carbons (Fsp3) is 0.571. The van der Waals surface area contributed by atoms with E-state index < -0.39 is 0 Å². The zero-order valence-electron chi connectivity index (χ0n) is 11.4. The van der Waals surface area contributed by atoms with E-state index in [-0.39, 0.29) is 5.41 Å². The smallest absolute Gasteiger partial charge is 0.0656 e. The normalized spacial score (nSPS) is 11.9. The highest BCUT2D eigenvalue weighted by atomic mass is 35.5. The molecule has 0 aliphatic heterocycles. The Bertz CT molecular complexity index is 397. The average Bonchev–Trinajstić information content (AvgIpc) is 2.21. The minimum absolute atomic E-state index is 0.250. The molecule has 0 aliphatic carbocycles. The highest BCUT2D eigenvalue weighted by Gasteiger charge is 2.22. The summed E-state index contributed by atoms with van der Waals surface area (Å²) in [5.74, 6) is 0.625. The molecule has 0 amide bonds. The van der Waals surface area contributed by atoms with E-state index in [1.54, 1.807) is 0 Å². The molecule has 96 valence electrons. The number of rotatable bonds is 4. The zero-order valence-corrected chi connectivity index (χ0v) is 12.2. The largest absolute Gasteiger partial charge is 0.398 e. The van der Waals surface area contributed by atoms with Gasteiger partial charge in [0.15, 0.2) is 0 Å². The van der Waals surface area contributed by atoms with Crippen LogP contribution in [0.25, 0.3) is 0 Å². The molecule has 1 aromatic carbocycles. The Balaban J connectivity index is 2.80. The van der Waals surface area contributed by atoms with Crippen molar-refractivity contribution in [3.05, 3.63) is 22.7 Å². The van der Waals surface area contributed by atoms with Crippen LogP contribution in [-0.4, -0.2) is 6.54 Å². The van der Waals surface area contributed by atoms with Gasteiger partial charge in [0.1, 0.15) is 0 Å². The van der Waals surface area contributed by atoms with Crippen LogP contribution in [0.2, 0.25) is 5.02 Å². The van der Waals surface area contributed by atoms with E-state index in [1.165, 1.54) is 0 Å². The summed E-state index contributed by atoms with van der Waals surface area (Å²) in [7, 11) is 0. The molecule has 2 nitrogen and oxygen atoms in total. The fourth-order valence-electron chi connectivity index (χ4n) is 1.42. The van der Waals surface area contributed by atoms with Gasteiger partial charge in [-0.1, -0.05) is 39.3 Å². The third kappa shape index (κ3) is 3.53. The van der Waals surface area contributed by atoms with Gasteiger partial charge in [0.05, 0.1) is 10.7 Å². The van der Waals surface area contributed by atoms with Gasteiger partial charge in [0.2, 0.25) is 0 Å². The summed E-state index contributed by atoms with van der Waals surface area (Å²) in [6.45, 7) is 12.0. The summed E-state index contributed by atoms with van der Waals surface area (Å²) in [6, 6.07) is 3.82. The molecule has 3 N–H and O–H groups in total. The number of nitrogens with two attached hydrogens (primary N) is 1. The minimum Gasteiger partial charge on any atom is -0.398 e. The minimum atomic E-state index is 0.250. The maximum absolute atomic E-state index is 6.03. The maximum Gasteiger partial charge on any atom is 0.0656 e. The Kier molecular flexibility index (Phi) is 4.31. The molecule has 3 heteroatoms. The highest BCUT2D eigenvalue weighted by molar-refractivity contribution is 6.33. The molecule has 1 aromatic rings. The lowest BCUT2D eigenvalue weighted by atomic mass is 9.81. The number of hydrogen-bond donors (Lipinski definition) is 2.